The number of hydrogen-bond acceptors (Lipinski definition) is 7. The summed E-state index contributed by atoms with van der Waals surface area (Å²) < 4.78 is 19.3. The summed E-state index contributed by atoms with van der Waals surface area (Å²) in [4.78, 5) is 32.2. The predicted octanol–water partition coefficient (Wildman–Crippen LogP) is 1.01. The van der Waals surface area contributed by atoms with Gasteiger partial charge < -0.3 is 25.4 Å². The summed E-state index contributed by atoms with van der Waals surface area (Å²) in [6, 6.07) is 6.31. The first kappa shape index (κ1) is 18.5. The van der Waals surface area contributed by atoms with Crippen molar-refractivity contribution in [2.75, 3.05) is 43.1 Å². The van der Waals surface area contributed by atoms with Gasteiger partial charge >= 0.3 is 5.97 Å². The van der Waals surface area contributed by atoms with Gasteiger partial charge in [-0.15, -0.1) is 0 Å². The summed E-state index contributed by atoms with van der Waals surface area (Å²) in [5.41, 5.74) is 0.917. The number of amides is 1. The lowest BCUT2D eigenvalue weighted by molar-refractivity contribution is -0.135. The molecule has 2 aromatic rings. The maximum Gasteiger partial charge on any atom is 0.322 e. The number of nitrogens with one attached hydrogen (secondary N) is 2. The third kappa shape index (κ3) is 4.88. The van der Waals surface area contributed by atoms with Crippen molar-refractivity contribution in [3.8, 4) is 0 Å². The van der Waals surface area contributed by atoms with Gasteiger partial charge in [0, 0.05) is 24.3 Å². The zero-order chi connectivity index (χ0) is 19.2. The maximum absolute atomic E-state index is 14.0. The zero-order valence-corrected chi connectivity index (χ0v) is 14.3. The molecule has 9 nitrogen and oxygen atoms in total. The Labute approximate surface area is 154 Å². The SMILES string of the molecule is O=C(O)CNC(=O)c1ccc(Nc2ncc(F)c(N3CCOCC3)n2)cc1. The van der Waals surface area contributed by atoms with Crippen molar-refractivity contribution >= 4 is 29.3 Å². The number of carbonyl (C=O) groups is 2. The molecule has 0 spiro atoms. The highest BCUT2D eigenvalue weighted by Crippen LogP contribution is 2.21. The van der Waals surface area contributed by atoms with Gasteiger partial charge in [-0.3, -0.25) is 9.59 Å². The van der Waals surface area contributed by atoms with E-state index in [9.17, 15) is 14.0 Å². The van der Waals surface area contributed by atoms with Crippen molar-refractivity contribution in [1.29, 1.82) is 0 Å². The van der Waals surface area contributed by atoms with Gasteiger partial charge in [0.05, 0.1) is 19.4 Å². The summed E-state index contributed by atoms with van der Waals surface area (Å²) in [6.45, 7) is 1.67. The normalized spacial score (nSPS) is 13.9. The molecule has 0 bridgehead atoms. The summed E-state index contributed by atoms with van der Waals surface area (Å²) in [5, 5.41) is 13.8. The zero-order valence-electron chi connectivity index (χ0n) is 14.3. The first-order valence-corrected chi connectivity index (χ1v) is 8.25. The Kier molecular flexibility index (Phi) is 5.77. The van der Waals surface area contributed by atoms with E-state index in [1.807, 2.05) is 0 Å². The van der Waals surface area contributed by atoms with Crippen LogP contribution in [-0.2, 0) is 9.53 Å². The average Bonchev–Trinajstić information content (AvgIpc) is 2.69. The van der Waals surface area contributed by atoms with Crippen molar-refractivity contribution in [3.05, 3.63) is 41.8 Å². The summed E-state index contributed by atoms with van der Waals surface area (Å²) in [6.07, 6.45) is 1.11. The van der Waals surface area contributed by atoms with Crippen LogP contribution in [0, 0.1) is 5.82 Å². The number of ether oxygens (including phenoxy) is 1. The van der Waals surface area contributed by atoms with Crippen molar-refractivity contribution in [2.24, 2.45) is 0 Å². The minimum atomic E-state index is -1.12. The highest BCUT2D eigenvalue weighted by Gasteiger charge is 2.18. The average molecular weight is 375 g/mol. The number of rotatable bonds is 6. The van der Waals surface area contributed by atoms with Gasteiger partial charge in [-0.05, 0) is 24.3 Å². The fourth-order valence-electron chi connectivity index (χ4n) is 2.51. The molecule has 10 heteroatoms. The second-order valence-electron chi connectivity index (χ2n) is 5.74. The molecule has 0 unspecified atom stereocenters. The van der Waals surface area contributed by atoms with Crippen LogP contribution in [0.5, 0.6) is 0 Å². The number of aliphatic carboxylic acids is 1. The monoisotopic (exact) mass is 375 g/mol. The largest absolute Gasteiger partial charge is 0.480 e. The molecular formula is C17H18FN5O4. The van der Waals surface area contributed by atoms with E-state index in [1.165, 1.54) is 12.1 Å². The Bertz CT molecular complexity index is 825. The second-order valence-corrected chi connectivity index (χ2v) is 5.74. The highest BCUT2D eigenvalue weighted by atomic mass is 19.1. The molecule has 27 heavy (non-hydrogen) atoms. The van der Waals surface area contributed by atoms with Crippen LogP contribution in [0.3, 0.4) is 0 Å². The minimum absolute atomic E-state index is 0.209. The third-order valence-corrected chi connectivity index (χ3v) is 3.84. The standard InChI is InChI=1S/C17H18FN5O4/c18-13-9-20-17(22-15(13)23-5-7-27-8-6-23)21-12-3-1-11(2-4-12)16(26)19-10-14(24)25/h1-4,9H,5-8,10H2,(H,19,26)(H,24,25)(H,20,21,22). The molecule has 1 fully saturated rings. The molecule has 1 amide bonds. The first-order chi connectivity index (χ1) is 13.0. The predicted molar refractivity (Wildman–Crippen MR) is 94.7 cm³/mol. The number of morpholine rings is 1. The number of halogens is 1. The van der Waals surface area contributed by atoms with Gasteiger partial charge in [-0.25, -0.2) is 9.37 Å². The molecule has 1 aliphatic heterocycles. The molecule has 2 heterocycles. The Balaban J connectivity index is 1.68. The van der Waals surface area contributed by atoms with Crippen LogP contribution < -0.4 is 15.5 Å². The summed E-state index contributed by atoms with van der Waals surface area (Å²) in [5.74, 6) is -1.68. The number of hydrogen-bond donors (Lipinski definition) is 3. The number of carboxylic acids is 1. The topological polar surface area (TPSA) is 117 Å². The van der Waals surface area contributed by atoms with Crippen LogP contribution >= 0.6 is 0 Å². The molecule has 1 aromatic carbocycles. The number of nitrogens with zero attached hydrogens (tertiary/aromatic N) is 3. The molecule has 1 saturated heterocycles. The van der Waals surface area contributed by atoms with Gasteiger partial charge in [0.25, 0.3) is 5.91 Å². The number of aromatic nitrogens is 2. The van der Waals surface area contributed by atoms with E-state index in [0.717, 1.165) is 6.20 Å². The molecule has 3 rings (SSSR count). The van der Waals surface area contributed by atoms with Crippen LogP contribution in [-0.4, -0.2) is 59.8 Å². The lowest BCUT2D eigenvalue weighted by atomic mass is 10.2. The molecular weight excluding hydrogens is 357 g/mol. The quantitative estimate of drug-likeness (QED) is 0.685. The van der Waals surface area contributed by atoms with Crippen molar-refractivity contribution in [1.82, 2.24) is 15.3 Å². The lowest BCUT2D eigenvalue weighted by Crippen LogP contribution is -2.37. The Morgan fingerprint density at radius 1 is 1.22 bits per heavy atom. The van der Waals surface area contributed by atoms with E-state index < -0.39 is 24.2 Å². The molecule has 0 radical (unpaired) electrons. The summed E-state index contributed by atoms with van der Waals surface area (Å²) >= 11 is 0. The number of benzene rings is 1. The van der Waals surface area contributed by atoms with Gasteiger partial charge in [-0.2, -0.15) is 4.98 Å². The van der Waals surface area contributed by atoms with Gasteiger partial charge in [0.1, 0.15) is 6.54 Å². The van der Waals surface area contributed by atoms with Gasteiger partial charge in [-0.1, -0.05) is 0 Å². The van der Waals surface area contributed by atoms with Crippen LogP contribution in [0.4, 0.5) is 21.8 Å². The Morgan fingerprint density at radius 2 is 1.93 bits per heavy atom. The first-order valence-electron chi connectivity index (χ1n) is 8.25. The van der Waals surface area contributed by atoms with Crippen LogP contribution in [0.15, 0.2) is 30.5 Å². The van der Waals surface area contributed by atoms with E-state index in [4.69, 9.17) is 9.84 Å². The molecule has 1 aliphatic rings. The summed E-state index contributed by atoms with van der Waals surface area (Å²) in [7, 11) is 0. The minimum Gasteiger partial charge on any atom is -0.480 e. The van der Waals surface area contributed by atoms with E-state index in [-0.39, 0.29) is 11.8 Å². The van der Waals surface area contributed by atoms with E-state index in [1.54, 1.807) is 17.0 Å². The fourth-order valence-corrected chi connectivity index (χ4v) is 2.51. The number of anilines is 3. The molecule has 3 N–H and O–H groups in total. The van der Waals surface area contributed by atoms with Gasteiger partial charge in [0.2, 0.25) is 5.95 Å². The second kappa shape index (κ2) is 8.41. The molecule has 0 saturated carbocycles. The molecule has 1 aromatic heterocycles. The Hall–Kier alpha value is -3.27. The fraction of sp³-hybridized carbons (Fsp3) is 0.294. The van der Waals surface area contributed by atoms with Gasteiger partial charge in [0.15, 0.2) is 11.6 Å². The van der Waals surface area contributed by atoms with Crippen LogP contribution in [0.2, 0.25) is 0 Å². The highest BCUT2D eigenvalue weighted by molar-refractivity contribution is 5.96. The number of carbonyl (C=O) groups excluding carboxylic acids is 1. The van der Waals surface area contributed by atoms with Crippen molar-refractivity contribution < 1.29 is 23.8 Å². The molecule has 142 valence electrons. The van der Waals surface area contributed by atoms with Crippen molar-refractivity contribution in [2.45, 2.75) is 0 Å². The van der Waals surface area contributed by atoms with Crippen LogP contribution in [0.25, 0.3) is 0 Å². The number of carboxylic acid groups (broad SMARTS) is 1. The molecule has 0 atom stereocenters. The lowest BCUT2D eigenvalue weighted by Gasteiger charge is -2.28. The van der Waals surface area contributed by atoms with Crippen molar-refractivity contribution in [3.63, 3.8) is 0 Å². The smallest absolute Gasteiger partial charge is 0.322 e. The van der Waals surface area contributed by atoms with E-state index in [0.29, 0.717) is 37.6 Å². The Morgan fingerprint density at radius 3 is 2.59 bits per heavy atom. The van der Waals surface area contributed by atoms with E-state index in [2.05, 4.69) is 20.6 Å². The maximum atomic E-state index is 14.0. The van der Waals surface area contributed by atoms with E-state index >= 15 is 0 Å². The third-order valence-electron chi connectivity index (χ3n) is 3.84. The van der Waals surface area contributed by atoms with Crippen LogP contribution in [0.1, 0.15) is 10.4 Å². The molecule has 0 aliphatic carbocycles.